The lowest BCUT2D eigenvalue weighted by Crippen LogP contribution is -2.32. The fourth-order valence-corrected chi connectivity index (χ4v) is 3.05. The first-order chi connectivity index (χ1) is 13.2. The highest BCUT2D eigenvalue weighted by molar-refractivity contribution is 7.92. The van der Waals surface area contributed by atoms with Gasteiger partial charge in [0.25, 0.3) is 5.91 Å². The van der Waals surface area contributed by atoms with Gasteiger partial charge in [-0.3, -0.25) is 9.10 Å². The number of hydrogen-bond donors (Lipinski definition) is 1. The van der Waals surface area contributed by atoms with E-state index in [0.29, 0.717) is 30.2 Å². The van der Waals surface area contributed by atoms with Crippen molar-refractivity contribution in [1.29, 1.82) is 0 Å². The zero-order valence-corrected chi connectivity index (χ0v) is 17.3. The van der Waals surface area contributed by atoms with Gasteiger partial charge in [0.15, 0.2) is 6.10 Å². The molecule has 0 aromatic heterocycles. The van der Waals surface area contributed by atoms with Crippen LogP contribution in [0.5, 0.6) is 5.75 Å². The minimum absolute atomic E-state index is 0.255. The molecular formula is C20H26N2O5S. The van der Waals surface area contributed by atoms with Crippen LogP contribution in [0.15, 0.2) is 48.5 Å². The highest BCUT2D eigenvalue weighted by Gasteiger charge is 2.19. The maximum atomic E-state index is 12.6. The van der Waals surface area contributed by atoms with Crippen molar-refractivity contribution in [2.24, 2.45) is 0 Å². The number of benzene rings is 2. The Morgan fingerprint density at radius 3 is 2.43 bits per heavy atom. The van der Waals surface area contributed by atoms with Crippen molar-refractivity contribution in [3.63, 3.8) is 0 Å². The number of carbonyl (C=O) groups excluding carboxylic acids is 1. The van der Waals surface area contributed by atoms with E-state index in [1.54, 1.807) is 37.4 Å². The molecule has 0 saturated carbocycles. The van der Waals surface area contributed by atoms with E-state index in [1.807, 2.05) is 25.1 Å². The third kappa shape index (κ3) is 5.97. The highest BCUT2D eigenvalue weighted by Crippen LogP contribution is 2.22. The lowest BCUT2D eigenvalue weighted by Gasteiger charge is -2.19. The van der Waals surface area contributed by atoms with Gasteiger partial charge in [0, 0.05) is 19.8 Å². The molecule has 0 aliphatic heterocycles. The molecule has 0 saturated heterocycles. The minimum atomic E-state index is -3.33. The molecule has 152 valence electrons. The first-order valence-electron chi connectivity index (χ1n) is 8.84. The van der Waals surface area contributed by atoms with Crippen LogP contribution in [0.2, 0.25) is 0 Å². The van der Waals surface area contributed by atoms with Crippen LogP contribution in [0.4, 0.5) is 11.4 Å². The number of hydrogen-bond acceptors (Lipinski definition) is 5. The van der Waals surface area contributed by atoms with Crippen molar-refractivity contribution in [2.75, 3.05) is 30.0 Å². The van der Waals surface area contributed by atoms with Gasteiger partial charge in [-0.15, -0.1) is 0 Å². The van der Waals surface area contributed by atoms with Crippen molar-refractivity contribution in [3.05, 3.63) is 54.1 Å². The van der Waals surface area contributed by atoms with Gasteiger partial charge in [0.2, 0.25) is 10.0 Å². The van der Waals surface area contributed by atoms with Crippen LogP contribution in [0.25, 0.3) is 0 Å². The van der Waals surface area contributed by atoms with E-state index < -0.39 is 16.1 Å². The molecule has 1 amide bonds. The Morgan fingerprint density at radius 1 is 1.18 bits per heavy atom. The molecule has 0 spiro atoms. The van der Waals surface area contributed by atoms with Crippen molar-refractivity contribution >= 4 is 27.3 Å². The molecule has 7 nitrogen and oxygen atoms in total. The predicted molar refractivity (Wildman–Crippen MR) is 110 cm³/mol. The van der Waals surface area contributed by atoms with Crippen LogP contribution >= 0.6 is 0 Å². The standard InChI is InChI=1S/C20H26N2O5S/c1-5-19(20(23)21-16-8-6-7-15(13-16)14-26-3)27-18-11-9-17(10-12-18)22(2)28(4,24)25/h6-13,19H,5,14H2,1-4H3,(H,21,23). The van der Waals surface area contributed by atoms with E-state index in [4.69, 9.17) is 9.47 Å². The van der Waals surface area contributed by atoms with E-state index in [0.717, 1.165) is 11.8 Å². The molecule has 0 radical (unpaired) electrons. The normalized spacial score (nSPS) is 12.3. The molecule has 0 fully saturated rings. The summed E-state index contributed by atoms with van der Waals surface area (Å²) in [5.74, 6) is 0.232. The smallest absolute Gasteiger partial charge is 0.265 e. The highest BCUT2D eigenvalue weighted by atomic mass is 32.2. The van der Waals surface area contributed by atoms with Gasteiger partial charge in [-0.1, -0.05) is 19.1 Å². The first-order valence-corrected chi connectivity index (χ1v) is 10.7. The van der Waals surface area contributed by atoms with Gasteiger partial charge < -0.3 is 14.8 Å². The Labute approximate surface area is 166 Å². The van der Waals surface area contributed by atoms with Gasteiger partial charge in [0.1, 0.15) is 5.75 Å². The number of nitrogens with one attached hydrogen (secondary N) is 1. The van der Waals surface area contributed by atoms with Crippen LogP contribution in [0, 0.1) is 0 Å². The summed E-state index contributed by atoms with van der Waals surface area (Å²) in [6, 6.07) is 14.0. The van der Waals surface area contributed by atoms with E-state index in [-0.39, 0.29) is 5.91 Å². The van der Waals surface area contributed by atoms with E-state index in [1.165, 1.54) is 11.4 Å². The summed E-state index contributed by atoms with van der Waals surface area (Å²) in [5.41, 5.74) is 2.15. The van der Waals surface area contributed by atoms with E-state index >= 15 is 0 Å². The zero-order chi connectivity index (χ0) is 20.7. The number of ether oxygens (including phenoxy) is 2. The van der Waals surface area contributed by atoms with Crippen molar-refractivity contribution in [2.45, 2.75) is 26.1 Å². The van der Waals surface area contributed by atoms with Gasteiger partial charge in [-0.05, 0) is 48.4 Å². The monoisotopic (exact) mass is 406 g/mol. The van der Waals surface area contributed by atoms with Gasteiger partial charge in [0.05, 0.1) is 18.6 Å². The third-order valence-corrected chi connectivity index (χ3v) is 5.35. The number of amides is 1. The van der Waals surface area contributed by atoms with Crippen molar-refractivity contribution in [1.82, 2.24) is 0 Å². The number of rotatable bonds is 9. The number of carbonyl (C=O) groups is 1. The average Bonchev–Trinajstić information content (AvgIpc) is 2.65. The molecule has 0 bridgehead atoms. The van der Waals surface area contributed by atoms with Crippen LogP contribution in [-0.4, -0.2) is 40.8 Å². The summed E-state index contributed by atoms with van der Waals surface area (Å²) in [5, 5.41) is 2.85. The Hall–Kier alpha value is -2.58. The molecule has 2 aromatic rings. The molecule has 2 aromatic carbocycles. The van der Waals surface area contributed by atoms with E-state index in [9.17, 15) is 13.2 Å². The number of anilines is 2. The molecule has 0 aliphatic carbocycles. The Balaban J connectivity index is 2.05. The molecular weight excluding hydrogens is 380 g/mol. The topological polar surface area (TPSA) is 84.9 Å². The summed E-state index contributed by atoms with van der Waals surface area (Å²) in [4.78, 5) is 12.6. The van der Waals surface area contributed by atoms with Crippen LogP contribution in [-0.2, 0) is 26.2 Å². The summed E-state index contributed by atoms with van der Waals surface area (Å²) < 4.78 is 35.3. The molecule has 1 atom stereocenters. The Kier molecular flexibility index (Phi) is 7.42. The summed E-state index contributed by atoms with van der Waals surface area (Å²) in [6.45, 7) is 2.32. The Bertz CT molecular complexity index is 897. The fourth-order valence-electron chi connectivity index (χ4n) is 2.54. The largest absolute Gasteiger partial charge is 0.481 e. The quantitative estimate of drug-likeness (QED) is 0.692. The minimum Gasteiger partial charge on any atom is -0.481 e. The van der Waals surface area contributed by atoms with Crippen molar-refractivity contribution < 1.29 is 22.7 Å². The summed E-state index contributed by atoms with van der Waals surface area (Å²) in [7, 11) is -0.239. The van der Waals surface area contributed by atoms with Gasteiger partial charge in [-0.2, -0.15) is 0 Å². The lowest BCUT2D eigenvalue weighted by molar-refractivity contribution is -0.122. The molecule has 28 heavy (non-hydrogen) atoms. The predicted octanol–water partition coefficient (Wildman–Crippen LogP) is 3.02. The second-order valence-electron chi connectivity index (χ2n) is 6.36. The third-order valence-electron chi connectivity index (χ3n) is 4.14. The Morgan fingerprint density at radius 2 is 1.86 bits per heavy atom. The van der Waals surface area contributed by atoms with Gasteiger partial charge >= 0.3 is 0 Å². The average molecular weight is 407 g/mol. The van der Waals surface area contributed by atoms with Crippen molar-refractivity contribution in [3.8, 4) is 5.75 Å². The number of nitrogens with zero attached hydrogens (tertiary/aromatic N) is 1. The number of methoxy groups -OCH3 is 1. The van der Waals surface area contributed by atoms with Crippen LogP contribution < -0.4 is 14.4 Å². The summed E-state index contributed by atoms with van der Waals surface area (Å²) in [6.07, 6.45) is 0.940. The molecule has 2 rings (SSSR count). The molecule has 0 heterocycles. The number of sulfonamides is 1. The molecule has 0 aliphatic rings. The fraction of sp³-hybridized carbons (Fsp3) is 0.350. The van der Waals surface area contributed by atoms with E-state index in [2.05, 4.69) is 5.32 Å². The zero-order valence-electron chi connectivity index (χ0n) is 16.5. The SMILES string of the molecule is CCC(Oc1ccc(N(C)S(C)(=O)=O)cc1)C(=O)Nc1cccc(COC)c1. The van der Waals surface area contributed by atoms with Crippen LogP contribution in [0.3, 0.4) is 0 Å². The maximum Gasteiger partial charge on any atom is 0.265 e. The maximum absolute atomic E-state index is 12.6. The molecule has 1 unspecified atom stereocenters. The van der Waals surface area contributed by atoms with Gasteiger partial charge in [-0.25, -0.2) is 8.42 Å². The second kappa shape index (κ2) is 9.57. The lowest BCUT2D eigenvalue weighted by atomic mass is 10.2. The second-order valence-corrected chi connectivity index (χ2v) is 8.38. The molecule has 8 heteroatoms. The first kappa shape index (κ1) is 21.7. The summed E-state index contributed by atoms with van der Waals surface area (Å²) >= 11 is 0. The van der Waals surface area contributed by atoms with Crippen LogP contribution in [0.1, 0.15) is 18.9 Å². The molecule has 1 N–H and O–H groups in total.